The van der Waals surface area contributed by atoms with Gasteiger partial charge in [0.1, 0.15) is 12.2 Å². The molecule has 0 saturated carbocycles. The van der Waals surface area contributed by atoms with Crippen LogP contribution in [0.1, 0.15) is 5.56 Å². The van der Waals surface area contributed by atoms with Gasteiger partial charge in [0.05, 0.1) is 17.4 Å². The molecular weight excluding hydrogens is 396 g/mol. The van der Waals surface area contributed by atoms with Crippen LogP contribution in [0.2, 0.25) is 25.7 Å². The number of hydrogen-bond acceptors (Lipinski definition) is 5. The van der Waals surface area contributed by atoms with E-state index in [1.54, 1.807) is 26.9 Å². The second-order valence-corrected chi connectivity index (χ2v) is 14.5. The van der Waals surface area contributed by atoms with E-state index in [2.05, 4.69) is 34.9 Å². The first-order valence-corrected chi connectivity index (χ1v) is 13.9. The van der Waals surface area contributed by atoms with Crippen LogP contribution in [0.3, 0.4) is 0 Å². The van der Waals surface area contributed by atoms with Crippen molar-refractivity contribution in [3.05, 3.63) is 42.2 Å². The van der Waals surface area contributed by atoms with Crippen LogP contribution in [-0.4, -0.2) is 53.8 Å². The average molecular weight is 425 g/mol. The highest BCUT2D eigenvalue weighted by molar-refractivity contribution is 6.76. The molecule has 0 unspecified atom stereocenters. The van der Waals surface area contributed by atoms with Gasteiger partial charge in [-0.2, -0.15) is 0 Å². The van der Waals surface area contributed by atoms with Crippen molar-refractivity contribution >= 4 is 36.5 Å². The summed E-state index contributed by atoms with van der Waals surface area (Å²) >= 11 is 0. The van der Waals surface area contributed by atoms with Crippen molar-refractivity contribution in [2.45, 2.75) is 39.3 Å². The van der Waals surface area contributed by atoms with E-state index >= 15 is 0 Å². The number of amides is 2. The minimum absolute atomic E-state index is 0.0486. The number of aryl methyl sites for hydroxylation is 1. The molecule has 3 heterocycles. The highest BCUT2D eigenvalue weighted by Gasteiger charge is 2.31. The molecule has 30 heavy (non-hydrogen) atoms. The third kappa shape index (κ3) is 4.22. The van der Waals surface area contributed by atoms with Crippen LogP contribution in [-0.2, 0) is 11.5 Å². The highest BCUT2D eigenvalue weighted by Crippen LogP contribution is 2.28. The Labute approximate surface area is 177 Å². The molecule has 1 fully saturated rings. The summed E-state index contributed by atoms with van der Waals surface area (Å²) in [5.74, 6) is 0. The van der Waals surface area contributed by atoms with Crippen molar-refractivity contribution in [1.29, 1.82) is 0 Å². The molecule has 0 spiro atoms. The Morgan fingerprint density at radius 2 is 1.93 bits per heavy atom. The topological polar surface area (TPSA) is 76.4 Å². The van der Waals surface area contributed by atoms with E-state index in [0.717, 1.165) is 40.6 Å². The Morgan fingerprint density at radius 3 is 2.70 bits per heavy atom. The molecule has 0 aliphatic carbocycles. The molecule has 0 radical (unpaired) electrons. The van der Waals surface area contributed by atoms with Crippen LogP contribution < -0.4 is 9.80 Å². The van der Waals surface area contributed by atoms with Gasteiger partial charge in [-0.05, 0) is 42.8 Å². The first-order chi connectivity index (χ1) is 14.3. The van der Waals surface area contributed by atoms with E-state index in [9.17, 15) is 4.79 Å². The summed E-state index contributed by atoms with van der Waals surface area (Å²) in [5, 5.41) is 8.50. The second-order valence-electron chi connectivity index (χ2n) is 8.86. The summed E-state index contributed by atoms with van der Waals surface area (Å²) in [6, 6.07) is 8.81. The molecule has 158 valence electrons. The van der Waals surface area contributed by atoms with Crippen molar-refractivity contribution in [2.75, 3.05) is 29.5 Å². The maximum Gasteiger partial charge on any atom is 0.329 e. The normalized spacial score (nSPS) is 14.9. The molecule has 1 aliphatic heterocycles. The molecule has 2 aromatic heterocycles. The standard InChI is InChI=1S/C21H28N6O2Si/c1-16-7-8-22-14-20(16)26-10-9-25(21(26)28)17-5-6-19-18(13-17)23-24-27(19)15-29-11-12-30(2,3)4/h5-8,13-14H,9-12,15H2,1-4H3. The fourth-order valence-electron chi connectivity index (χ4n) is 3.49. The number of carbonyl (C=O) groups excluding carboxylic acids is 1. The van der Waals surface area contributed by atoms with Crippen molar-refractivity contribution in [3.8, 4) is 0 Å². The highest BCUT2D eigenvalue weighted by atomic mass is 28.3. The number of carbonyl (C=O) groups is 1. The Balaban J connectivity index is 1.47. The number of hydrogen-bond donors (Lipinski definition) is 0. The number of anilines is 2. The third-order valence-electron chi connectivity index (χ3n) is 5.33. The number of pyridine rings is 1. The largest absolute Gasteiger partial charge is 0.359 e. The first-order valence-electron chi connectivity index (χ1n) is 10.2. The van der Waals surface area contributed by atoms with E-state index in [4.69, 9.17) is 4.74 Å². The Bertz CT molecular complexity index is 1060. The predicted octanol–water partition coefficient (Wildman–Crippen LogP) is 3.89. The fraction of sp³-hybridized carbons (Fsp3) is 0.429. The van der Waals surface area contributed by atoms with Gasteiger partial charge >= 0.3 is 6.03 Å². The summed E-state index contributed by atoms with van der Waals surface area (Å²) in [6.45, 7) is 11.4. The molecular formula is C21H28N6O2Si. The van der Waals surface area contributed by atoms with Crippen LogP contribution in [0.5, 0.6) is 0 Å². The SMILES string of the molecule is Cc1ccncc1N1CCN(c2ccc3c(c2)nnn3COCC[Si](C)(C)C)C1=O. The zero-order valence-electron chi connectivity index (χ0n) is 18.0. The van der Waals surface area contributed by atoms with E-state index in [1.165, 1.54) is 0 Å². The lowest BCUT2D eigenvalue weighted by Crippen LogP contribution is -2.32. The maximum absolute atomic E-state index is 13.0. The molecule has 1 aliphatic rings. The lowest BCUT2D eigenvalue weighted by atomic mass is 10.2. The Hall–Kier alpha value is -2.78. The summed E-state index contributed by atoms with van der Waals surface area (Å²) in [6.07, 6.45) is 3.48. The quantitative estimate of drug-likeness (QED) is 0.425. The fourth-order valence-corrected chi connectivity index (χ4v) is 4.25. The number of ether oxygens (including phenoxy) is 1. The first kappa shape index (κ1) is 20.5. The number of fused-ring (bicyclic) bond motifs is 1. The zero-order valence-corrected chi connectivity index (χ0v) is 19.0. The number of rotatable bonds is 7. The van der Waals surface area contributed by atoms with E-state index in [0.29, 0.717) is 19.8 Å². The minimum Gasteiger partial charge on any atom is -0.359 e. The lowest BCUT2D eigenvalue weighted by Gasteiger charge is -2.20. The van der Waals surface area contributed by atoms with Crippen LogP contribution >= 0.6 is 0 Å². The van der Waals surface area contributed by atoms with Gasteiger partial charge in [-0.3, -0.25) is 14.8 Å². The van der Waals surface area contributed by atoms with Crippen LogP contribution in [0.15, 0.2) is 36.7 Å². The van der Waals surface area contributed by atoms with Gasteiger partial charge in [-0.1, -0.05) is 24.9 Å². The van der Waals surface area contributed by atoms with Gasteiger partial charge in [0.15, 0.2) is 0 Å². The smallest absolute Gasteiger partial charge is 0.329 e. The van der Waals surface area contributed by atoms with Crippen molar-refractivity contribution in [1.82, 2.24) is 20.0 Å². The number of benzene rings is 1. The van der Waals surface area contributed by atoms with Gasteiger partial charge < -0.3 is 4.74 Å². The van der Waals surface area contributed by atoms with Crippen molar-refractivity contribution in [2.24, 2.45) is 0 Å². The van der Waals surface area contributed by atoms with Crippen molar-refractivity contribution in [3.63, 3.8) is 0 Å². The molecule has 8 nitrogen and oxygen atoms in total. The van der Waals surface area contributed by atoms with Gasteiger partial charge in [-0.15, -0.1) is 5.10 Å². The molecule has 3 aromatic rings. The number of nitrogens with zero attached hydrogens (tertiary/aromatic N) is 6. The van der Waals surface area contributed by atoms with E-state index in [-0.39, 0.29) is 6.03 Å². The van der Waals surface area contributed by atoms with Gasteiger partial charge in [-0.25, -0.2) is 9.48 Å². The maximum atomic E-state index is 13.0. The molecule has 2 amide bonds. The molecule has 1 aromatic carbocycles. The van der Waals surface area contributed by atoms with Gasteiger partial charge in [0, 0.05) is 39.7 Å². The number of aromatic nitrogens is 4. The molecule has 0 bridgehead atoms. The molecule has 0 atom stereocenters. The molecule has 9 heteroatoms. The molecule has 4 rings (SSSR count). The molecule has 1 saturated heterocycles. The van der Waals surface area contributed by atoms with Crippen LogP contribution in [0.4, 0.5) is 16.2 Å². The summed E-state index contributed by atoms with van der Waals surface area (Å²) in [5.41, 5.74) is 4.37. The van der Waals surface area contributed by atoms with Crippen LogP contribution in [0, 0.1) is 6.92 Å². The second kappa shape index (κ2) is 8.15. The van der Waals surface area contributed by atoms with E-state index in [1.807, 2.05) is 31.2 Å². The van der Waals surface area contributed by atoms with Crippen LogP contribution in [0.25, 0.3) is 11.0 Å². The zero-order chi connectivity index (χ0) is 21.3. The Kier molecular flexibility index (Phi) is 5.57. The number of urea groups is 1. The Morgan fingerprint density at radius 1 is 1.13 bits per heavy atom. The summed E-state index contributed by atoms with van der Waals surface area (Å²) in [4.78, 5) is 20.7. The average Bonchev–Trinajstić information content (AvgIpc) is 3.28. The predicted molar refractivity (Wildman–Crippen MR) is 121 cm³/mol. The lowest BCUT2D eigenvalue weighted by molar-refractivity contribution is 0.0803. The molecule has 0 N–H and O–H groups in total. The van der Waals surface area contributed by atoms with Gasteiger partial charge in [0.2, 0.25) is 0 Å². The van der Waals surface area contributed by atoms with Crippen molar-refractivity contribution < 1.29 is 9.53 Å². The summed E-state index contributed by atoms with van der Waals surface area (Å²) in [7, 11) is -1.11. The van der Waals surface area contributed by atoms with Gasteiger partial charge in [0.25, 0.3) is 0 Å². The third-order valence-corrected chi connectivity index (χ3v) is 7.03. The van der Waals surface area contributed by atoms with E-state index < -0.39 is 8.07 Å². The monoisotopic (exact) mass is 424 g/mol. The minimum atomic E-state index is -1.11. The summed E-state index contributed by atoms with van der Waals surface area (Å²) < 4.78 is 7.57.